The van der Waals surface area contributed by atoms with Crippen LogP contribution in [0.25, 0.3) is 0 Å². The lowest BCUT2D eigenvalue weighted by atomic mass is 10.0. The molecule has 4 nitrogen and oxygen atoms in total. The van der Waals surface area contributed by atoms with Gasteiger partial charge in [0.1, 0.15) is 5.75 Å². The van der Waals surface area contributed by atoms with Gasteiger partial charge in [0, 0.05) is 18.8 Å². The lowest BCUT2D eigenvalue weighted by Gasteiger charge is -2.23. The Hall–Kier alpha value is -2.49. The molecule has 0 bridgehead atoms. The number of nitrogens with zero attached hydrogens (tertiary/aromatic N) is 1. The Kier molecular flexibility index (Phi) is 4.35. The molecule has 0 aliphatic carbocycles. The van der Waals surface area contributed by atoms with Crippen LogP contribution in [0.5, 0.6) is 5.75 Å². The van der Waals surface area contributed by atoms with E-state index in [4.69, 9.17) is 4.74 Å². The number of aryl methyl sites for hydroxylation is 2. The summed E-state index contributed by atoms with van der Waals surface area (Å²) >= 11 is 0. The molecule has 1 saturated heterocycles. The van der Waals surface area contributed by atoms with Gasteiger partial charge in [-0.05, 0) is 56.4 Å². The molecular formula is C21H24N2O2. The van der Waals surface area contributed by atoms with Crippen molar-refractivity contribution in [3.63, 3.8) is 0 Å². The minimum atomic E-state index is -0.0619. The van der Waals surface area contributed by atoms with Crippen LogP contribution in [0.1, 0.15) is 40.7 Å². The Morgan fingerprint density at radius 1 is 1.12 bits per heavy atom. The van der Waals surface area contributed by atoms with E-state index in [9.17, 15) is 4.79 Å². The average Bonchev–Trinajstić information content (AvgIpc) is 3.16. The summed E-state index contributed by atoms with van der Waals surface area (Å²) in [6.07, 6.45) is 4.41. The van der Waals surface area contributed by atoms with Gasteiger partial charge in [-0.3, -0.25) is 4.79 Å². The second-order valence-corrected chi connectivity index (χ2v) is 6.91. The Morgan fingerprint density at radius 3 is 2.80 bits per heavy atom. The van der Waals surface area contributed by atoms with Crippen LogP contribution >= 0.6 is 0 Å². The van der Waals surface area contributed by atoms with Gasteiger partial charge in [0.25, 0.3) is 5.91 Å². The van der Waals surface area contributed by atoms with Gasteiger partial charge in [-0.15, -0.1) is 0 Å². The molecule has 4 heteroatoms. The summed E-state index contributed by atoms with van der Waals surface area (Å²) in [7, 11) is 0. The van der Waals surface area contributed by atoms with Crippen LogP contribution in [0.15, 0.2) is 36.4 Å². The van der Waals surface area contributed by atoms with E-state index in [-0.39, 0.29) is 5.91 Å². The Balaban J connectivity index is 1.65. The van der Waals surface area contributed by atoms with Gasteiger partial charge in [0.2, 0.25) is 0 Å². The topological polar surface area (TPSA) is 41.6 Å². The zero-order chi connectivity index (χ0) is 17.2. The summed E-state index contributed by atoms with van der Waals surface area (Å²) in [6.45, 7) is 4.78. The number of carbonyl (C=O) groups excluding carboxylic acids is 1. The number of nitrogens with one attached hydrogen (secondary N) is 1. The molecule has 1 fully saturated rings. The highest BCUT2D eigenvalue weighted by atomic mass is 16.5. The molecule has 0 aromatic heterocycles. The van der Waals surface area contributed by atoms with E-state index in [0.29, 0.717) is 6.61 Å². The molecule has 0 saturated carbocycles. The van der Waals surface area contributed by atoms with Crippen molar-refractivity contribution in [1.29, 1.82) is 0 Å². The summed E-state index contributed by atoms with van der Waals surface area (Å²) in [5.41, 5.74) is 4.82. The largest absolute Gasteiger partial charge is 0.491 e. The molecule has 1 N–H and O–H groups in total. The fraction of sp³-hybridized carbons (Fsp3) is 0.381. The molecule has 0 spiro atoms. The number of para-hydroxylation sites is 1. The third-order valence-electron chi connectivity index (χ3n) is 5.03. The number of hydrogen-bond donors (Lipinski definition) is 1. The molecule has 25 heavy (non-hydrogen) atoms. The van der Waals surface area contributed by atoms with Crippen LogP contribution < -0.4 is 15.0 Å². The Labute approximate surface area is 148 Å². The molecule has 1 amide bonds. The number of benzene rings is 2. The van der Waals surface area contributed by atoms with Crippen molar-refractivity contribution in [3.05, 3.63) is 53.1 Å². The Bertz CT molecular complexity index is 794. The Morgan fingerprint density at radius 2 is 1.96 bits per heavy atom. The van der Waals surface area contributed by atoms with Gasteiger partial charge in [-0.1, -0.05) is 23.8 Å². The second kappa shape index (κ2) is 6.79. The van der Waals surface area contributed by atoms with Crippen LogP contribution in [-0.4, -0.2) is 25.6 Å². The maximum atomic E-state index is 13.0. The number of ether oxygens (including phenoxy) is 1. The van der Waals surface area contributed by atoms with Crippen molar-refractivity contribution >= 4 is 17.3 Å². The molecular weight excluding hydrogens is 312 g/mol. The standard InChI is InChI=1S/C21H24N2O2/c1-15-9-10-19(23-11-2-3-12-23)17(14-15)21(24)22-18-8-4-6-16-7-5-13-25-20(16)18/h4,6,8-10,14H,2-3,5,7,11-13H2,1H3,(H,22,24). The van der Waals surface area contributed by atoms with E-state index >= 15 is 0 Å². The van der Waals surface area contributed by atoms with E-state index in [2.05, 4.69) is 28.4 Å². The highest BCUT2D eigenvalue weighted by molar-refractivity contribution is 6.09. The molecule has 0 atom stereocenters. The SMILES string of the molecule is Cc1ccc(N2CCCC2)c(C(=O)Nc2cccc3c2OCCC3)c1. The quantitative estimate of drug-likeness (QED) is 0.914. The van der Waals surface area contributed by atoms with Crippen molar-refractivity contribution in [3.8, 4) is 5.75 Å². The first-order valence-corrected chi connectivity index (χ1v) is 9.14. The minimum absolute atomic E-state index is 0.0619. The molecule has 130 valence electrons. The zero-order valence-corrected chi connectivity index (χ0v) is 14.7. The number of rotatable bonds is 3. The number of fused-ring (bicyclic) bond motifs is 1. The summed E-state index contributed by atoms with van der Waals surface area (Å²) in [5.74, 6) is 0.769. The van der Waals surface area contributed by atoms with E-state index in [1.165, 1.54) is 18.4 Å². The predicted octanol–water partition coefficient (Wildman–Crippen LogP) is 4.17. The van der Waals surface area contributed by atoms with E-state index in [0.717, 1.165) is 54.2 Å². The normalized spacial score (nSPS) is 16.3. The molecule has 0 radical (unpaired) electrons. The van der Waals surface area contributed by atoms with E-state index < -0.39 is 0 Å². The first-order valence-electron chi connectivity index (χ1n) is 9.14. The summed E-state index contributed by atoms with van der Waals surface area (Å²) < 4.78 is 5.82. The lowest BCUT2D eigenvalue weighted by molar-refractivity contribution is 0.102. The van der Waals surface area contributed by atoms with Crippen LogP contribution in [0, 0.1) is 6.92 Å². The number of hydrogen-bond acceptors (Lipinski definition) is 3. The highest BCUT2D eigenvalue weighted by Crippen LogP contribution is 2.34. The lowest BCUT2D eigenvalue weighted by Crippen LogP contribution is -2.23. The average molecular weight is 336 g/mol. The van der Waals surface area contributed by atoms with Gasteiger partial charge < -0.3 is 15.0 Å². The molecule has 2 aliphatic heterocycles. The van der Waals surface area contributed by atoms with Gasteiger partial charge >= 0.3 is 0 Å². The van der Waals surface area contributed by atoms with Crippen molar-refractivity contribution in [1.82, 2.24) is 0 Å². The maximum absolute atomic E-state index is 13.0. The van der Waals surface area contributed by atoms with Crippen molar-refractivity contribution in [2.24, 2.45) is 0 Å². The molecule has 2 aromatic carbocycles. The third-order valence-corrected chi connectivity index (χ3v) is 5.03. The number of anilines is 2. The summed E-state index contributed by atoms with van der Waals surface area (Å²) in [4.78, 5) is 15.3. The van der Waals surface area contributed by atoms with Crippen LogP contribution in [-0.2, 0) is 6.42 Å². The first kappa shape index (κ1) is 16.0. The first-order chi connectivity index (χ1) is 12.2. The van der Waals surface area contributed by atoms with Gasteiger partial charge in [0.05, 0.1) is 17.9 Å². The van der Waals surface area contributed by atoms with Crippen molar-refractivity contribution in [2.45, 2.75) is 32.6 Å². The molecule has 2 aromatic rings. The molecule has 2 aliphatic rings. The van der Waals surface area contributed by atoms with Crippen molar-refractivity contribution in [2.75, 3.05) is 29.9 Å². The molecule has 2 heterocycles. The van der Waals surface area contributed by atoms with Crippen LogP contribution in [0.3, 0.4) is 0 Å². The predicted molar refractivity (Wildman–Crippen MR) is 101 cm³/mol. The van der Waals surface area contributed by atoms with Gasteiger partial charge in [0.15, 0.2) is 0 Å². The minimum Gasteiger partial charge on any atom is -0.491 e. The summed E-state index contributed by atoms with van der Waals surface area (Å²) in [6, 6.07) is 12.1. The van der Waals surface area contributed by atoms with E-state index in [1.807, 2.05) is 25.1 Å². The summed E-state index contributed by atoms with van der Waals surface area (Å²) in [5, 5.41) is 3.09. The fourth-order valence-corrected chi connectivity index (χ4v) is 3.74. The number of carbonyl (C=O) groups is 1. The smallest absolute Gasteiger partial charge is 0.257 e. The van der Waals surface area contributed by atoms with Crippen molar-refractivity contribution < 1.29 is 9.53 Å². The molecule has 0 unspecified atom stereocenters. The molecule has 4 rings (SSSR count). The van der Waals surface area contributed by atoms with Crippen LogP contribution in [0.2, 0.25) is 0 Å². The van der Waals surface area contributed by atoms with Crippen LogP contribution in [0.4, 0.5) is 11.4 Å². The monoisotopic (exact) mass is 336 g/mol. The number of amides is 1. The van der Waals surface area contributed by atoms with Gasteiger partial charge in [-0.25, -0.2) is 0 Å². The van der Waals surface area contributed by atoms with Gasteiger partial charge in [-0.2, -0.15) is 0 Å². The maximum Gasteiger partial charge on any atom is 0.257 e. The van der Waals surface area contributed by atoms with E-state index in [1.54, 1.807) is 0 Å². The third kappa shape index (κ3) is 3.21. The second-order valence-electron chi connectivity index (χ2n) is 6.91. The zero-order valence-electron chi connectivity index (χ0n) is 14.7. The fourth-order valence-electron chi connectivity index (χ4n) is 3.74. The highest BCUT2D eigenvalue weighted by Gasteiger charge is 2.21.